The summed E-state index contributed by atoms with van der Waals surface area (Å²) in [5.41, 5.74) is 9.37. The number of benzene rings is 2. The molecule has 2 fully saturated rings. The Bertz CT molecular complexity index is 1100. The van der Waals surface area contributed by atoms with E-state index in [1.165, 1.54) is 4.31 Å². The van der Waals surface area contributed by atoms with Gasteiger partial charge in [-0.25, -0.2) is 19.3 Å². The molecule has 8 nitrogen and oxygen atoms in total. The van der Waals surface area contributed by atoms with E-state index >= 15 is 0 Å². The van der Waals surface area contributed by atoms with Crippen LogP contribution in [0.25, 0.3) is 0 Å². The maximum Gasteiger partial charge on any atom is 0.243 e. The lowest BCUT2D eigenvalue weighted by molar-refractivity contribution is -0.117. The van der Waals surface area contributed by atoms with Gasteiger partial charge in [0.1, 0.15) is 11.8 Å². The first-order chi connectivity index (χ1) is 15.6. The highest BCUT2D eigenvalue weighted by Gasteiger charge is 2.33. The standard InChI is InChI=1S/C24H32N4O4S/c1-15-8-10-28(11-9-15)33(31,32)19-6-4-18(5-7-19)25-24(30)21-14-20(26-27-21)23-17(3)12-16(2)13-22(23)29/h4-7,12-13,15,20-21,26-27,29H,8-11,14H2,1-3H3,(H,25,30). The molecule has 0 aromatic heterocycles. The van der Waals surface area contributed by atoms with Crippen LogP contribution in [0.15, 0.2) is 41.3 Å². The van der Waals surface area contributed by atoms with Crippen LogP contribution in [0.1, 0.15) is 48.9 Å². The second-order valence-electron chi connectivity index (χ2n) is 9.24. The first-order valence-corrected chi connectivity index (χ1v) is 12.8. The lowest BCUT2D eigenvalue weighted by Crippen LogP contribution is -2.39. The molecule has 0 radical (unpaired) electrons. The highest BCUT2D eigenvalue weighted by molar-refractivity contribution is 7.89. The monoisotopic (exact) mass is 472 g/mol. The van der Waals surface area contributed by atoms with E-state index in [0.717, 1.165) is 29.5 Å². The third-order valence-corrected chi connectivity index (χ3v) is 8.49. The van der Waals surface area contributed by atoms with Crippen LogP contribution in [0.3, 0.4) is 0 Å². The van der Waals surface area contributed by atoms with Crippen molar-refractivity contribution in [3.8, 4) is 5.75 Å². The Kier molecular flexibility index (Phi) is 6.76. The zero-order valence-corrected chi connectivity index (χ0v) is 20.1. The van der Waals surface area contributed by atoms with E-state index in [0.29, 0.717) is 31.1 Å². The molecule has 4 rings (SSSR count). The summed E-state index contributed by atoms with van der Waals surface area (Å²) >= 11 is 0. The number of aryl methyl sites for hydroxylation is 2. The van der Waals surface area contributed by atoms with E-state index in [-0.39, 0.29) is 22.6 Å². The molecule has 2 atom stereocenters. The molecule has 2 aromatic carbocycles. The number of phenolic OH excluding ortho intramolecular Hbond substituents is 1. The number of anilines is 1. The number of hydrogen-bond donors (Lipinski definition) is 4. The quantitative estimate of drug-likeness (QED) is 0.533. The van der Waals surface area contributed by atoms with Crippen LogP contribution in [0.2, 0.25) is 0 Å². The van der Waals surface area contributed by atoms with Gasteiger partial charge in [-0.1, -0.05) is 13.0 Å². The van der Waals surface area contributed by atoms with E-state index in [1.54, 1.807) is 30.3 Å². The fourth-order valence-electron chi connectivity index (χ4n) is 4.64. The van der Waals surface area contributed by atoms with Gasteiger partial charge in [-0.3, -0.25) is 4.79 Å². The van der Waals surface area contributed by atoms with Gasteiger partial charge < -0.3 is 10.4 Å². The molecule has 178 valence electrons. The third kappa shape index (κ3) is 5.06. The van der Waals surface area contributed by atoms with Crippen molar-refractivity contribution in [2.24, 2.45) is 5.92 Å². The zero-order chi connectivity index (χ0) is 23.8. The molecule has 2 unspecified atom stereocenters. The summed E-state index contributed by atoms with van der Waals surface area (Å²) in [5.74, 6) is 0.536. The maximum atomic E-state index is 12.9. The van der Waals surface area contributed by atoms with Gasteiger partial charge in [-0.05, 0) is 80.5 Å². The van der Waals surface area contributed by atoms with Crippen molar-refractivity contribution in [3.05, 3.63) is 53.1 Å². The Morgan fingerprint density at radius 1 is 1.09 bits per heavy atom. The van der Waals surface area contributed by atoms with Gasteiger partial charge >= 0.3 is 0 Å². The molecular weight excluding hydrogens is 440 g/mol. The average Bonchev–Trinajstić information content (AvgIpc) is 3.23. The Morgan fingerprint density at radius 3 is 2.39 bits per heavy atom. The molecule has 2 aliphatic heterocycles. The van der Waals surface area contributed by atoms with Crippen molar-refractivity contribution in [2.45, 2.75) is 57.0 Å². The highest BCUT2D eigenvalue weighted by Crippen LogP contribution is 2.33. The SMILES string of the molecule is Cc1cc(C)c(C2CC(C(=O)Nc3ccc(S(=O)(=O)N4CCC(C)CC4)cc3)NN2)c(O)c1. The molecule has 0 saturated carbocycles. The van der Waals surface area contributed by atoms with Gasteiger partial charge in [0.25, 0.3) is 0 Å². The Hall–Kier alpha value is -2.46. The molecule has 2 aliphatic rings. The van der Waals surface area contributed by atoms with Crippen molar-refractivity contribution in [2.75, 3.05) is 18.4 Å². The summed E-state index contributed by atoms with van der Waals surface area (Å²) in [6.07, 6.45) is 2.22. The highest BCUT2D eigenvalue weighted by atomic mass is 32.2. The maximum absolute atomic E-state index is 12.9. The molecular formula is C24H32N4O4S. The molecule has 4 N–H and O–H groups in total. The van der Waals surface area contributed by atoms with Crippen LogP contribution in [-0.4, -0.2) is 42.9 Å². The predicted molar refractivity (Wildman–Crippen MR) is 127 cm³/mol. The molecule has 33 heavy (non-hydrogen) atoms. The Balaban J connectivity index is 1.38. The number of hydrazine groups is 1. The van der Waals surface area contributed by atoms with E-state index in [4.69, 9.17) is 0 Å². The summed E-state index contributed by atoms with van der Waals surface area (Å²) in [5, 5.41) is 13.2. The minimum atomic E-state index is -3.52. The van der Waals surface area contributed by atoms with Crippen molar-refractivity contribution in [1.29, 1.82) is 0 Å². The van der Waals surface area contributed by atoms with Crippen LogP contribution >= 0.6 is 0 Å². The van der Waals surface area contributed by atoms with Crippen molar-refractivity contribution in [3.63, 3.8) is 0 Å². The summed E-state index contributed by atoms with van der Waals surface area (Å²) in [4.78, 5) is 13.0. The normalized spacial score (nSPS) is 22.4. The number of phenols is 1. The number of aromatic hydroxyl groups is 1. The van der Waals surface area contributed by atoms with Gasteiger partial charge in [0.05, 0.1) is 10.9 Å². The van der Waals surface area contributed by atoms with Gasteiger partial charge in [-0.2, -0.15) is 4.31 Å². The number of sulfonamides is 1. The number of carbonyl (C=O) groups excluding carboxylic acids is 1. The Morgan fingerprint density at radius 2 is 1.76 bits per heavy atom. The van der Waals surface area contributed by atoms with E-state index in [1.807, 2.05) is 19.9 Å². The van der Waals surface area contributed by atoms with Crippen molar-refractivity contribution >= 4 is 21.6 Å². The average molecular weight is 473 g/mol. The number of piperidine rings is 1. The fraction of sp³-hybridized carbons (Fsp3) is 0.458. The minimum Gasteiger partial charge on any atom is -0.508 e. The second-order valence-corrected chi connectivity index (χ2v) is 11.2. The van der Waals surface area contributed by atoms with E-state index < -0.39 is 16.1 Å². The molecule has 0 bridgehead atoms. The summed E-state index contributed by atoms with van der Waals surface area (Å²) in [6, 6.07) is 9.36. The van der Waals surface area contributed by atoms with Crippen LogP contribution in [0.4, 0.5) is 5.69 Å². The lowest BCUT2D eigenvalue weighted by Gasteiger charge is -2.29. The molecule has 0 spiro atoms. The van der Waals surface area contributed by atoms with Gasteiger partial charge in [0.2, 0.25) is 15.9 Å². The van der Waals surface area contributed by atoms with E-state index in [9.17, 15) is 18.3 Å². The topological polar surface area (TPSA) is 111 Å². The molecule has 2 heterocycles. The van der Waals surface area contributed by atoms with Crippen molar-refractivity contribution < 1.29 is 18.3 Å². The van der Waals surface area contributed by atoms with Crippen LogP contribution in [0, 0.1) is 19.8 Å². The molecule has 2 aromatic rings. The first kappa shape index (κ1) is 23.7. The fourth-order valence-corrected chi connectivity index (χ4v) is 6.11. The van der Waals surface area contributed by atoms with Crippen molar-refractivity contribution in [1.82, 2.24) is 15.2 Å². The first-order valence-electron chi connectivity index (χ1n) is 11.4. The second kappa shape index (κ2) is 9.42. The molecule has 0 aliphatic carbocycles. The summed E-state index contributed by atoms with van der Waals surface area (Å²) in [7, 11) is -3.52. The zero-order valence-electron chi connectivity index (χ0n) is 19.3. The summed E-state index contributed by atoms with van der Waals surface area (Å²) in [6.45, 7) is 7.09. The number of hydrogen-bond acceptors (Lipinski definition) is 6. The van der Waals surface area contributed by atoms with E-state index in [2.05, 4.69) is 23.1 Å². The summed E-state index contributed by atoms with van der Waals surface area (Å²) < 4.78 is 27.3. The lowest BCUT2D eigenvalue weighted by atomic mass is 9.95. The minimum absolute atomic E-state index is 0.193. The predicted octanol–water partition coefficient (Wildman–Crippen LogP) is 2.98. The van der Waals surface area contributed by atoms with Crippen LogP contribution in [0.5, 0.6) is 5.75 Å². The van der Waals surface area contributed by atoms with Gasteiger partial charge in [0.15, 0.2) is 0 Å². The molecule has 9 heteroatoms. The largest absolute Gasteiger partial charge is 0.508 e. The number of nitrogens with one attached hydrogen (secondary N) is 3. The number of rotatable bonds is 5. The number of nitrogens with zero attached hydrogens (tertiary/aromatic N) is 1. The smallest absolute Gasteiger partial charge is 0.243 e. The molecule has 1 amide bonds. The number of carbonyl (C=O) groups is 1. The Labute approximate surface area is 195 Å². The van der Waals surface area contributed by atoms with Crippen LogP contribution < -0.4 is 16.2 Å². The van der Waals surface area contributed by atoms with Gasteiger partial charge in [0, 0.05) is 24.3 Å². The molecule has 2 saturated heterocycles. The van der Waals surface area contributed by atoms with Crippen LogP contribution in [-0.2, 0) is 14.8 Å². The third-order valence-electron chi connectivity index (χ3n) is 6.58. The van der Waals surface area contributed by atoms with Gasteiger partial charge in [-0.15, -0.1) is 0 Å². The number of amides is 1.